The molecule has 1 amide bonds. The minimum Gasteiger partial charge on any atom is -0.481 e. The van der Waals surface area contributed by atoms with Crippen molar-refractivity contribution in [3.63, 3.8) is 0 Å². The maximum atomic E-state index is 13.0. The minimum atomic E-state index is -0.996. The molecule has 4 nitrogen and oxygen atoms in total. The van der Waals surface area contributed by atoms with Crippen LogP contribution in [-0.2, 0) is 9.59 Å². The Hall–Kier alpha value is -1.56. The molecule has 21 heavy (non-hydrogen) atoms. The average molecular weight is 311 g/mol. The van der Waals surface area contributed by atoms with E-state index in [0.717, 1.165) is 24.3 Å². The highest BCUT2D eigenvalue weighted by molar-refractivity contribution is 7.99. The van der Waals surface area contributed by atoms with Crippen LogP contribution in [0.4, 0.5) is 4.39 Å². The molecule has 1 fully saturated rings. The molecule has 1 saturated heterocycles. The average Bonchev–Trinajstić information content (AvgIpc) is 2.48. The van der Waals surface area contributed by atoms with E-state index in [2.05, 4.69) is 5.32 Å². The number of carboxylic acids is 1. The number of amides is 1. The van der Waals surface area contributed by atoms with E-state index in [-0.39, 0.29) is 24.1 Å². The van der Waals surface area contributed by atoms with Gasteiger partial charge in [-0.3, -0.25) is 9.59 Å². The number of carbonyl (C=O) groups excluding carboxylic acids is 1. The van der Waals surface area contributed by atoms with Crippen LogP contribution in [0.15, 0.2) is 24.3 Å². The lowest BCUT2D eigenvalue weighted by molar-refractivity contribution is -0.138. The van der Waals surface area contributed by atoms with Crippen molar-refractivity contribution >= 4 is 23.6 Å². The van der Waals surface area contributed by atoms with Gasteiger partial charge in [0.2, 0.25) is 5.91 Å². The van der Waals surface area contributed by atoms with E-state index < -0.39 is 12.0 Å². The van der Waals surface area contributed by atoms with Gasteiger partial charge in [-0.15, -0.1) is 0 Å². The molecule has 0 saturated carbocycles. The summed E-state index contributed by atoms with van der Waals surface area (Å²) in [4.78, 5) is 23.2. The number of carbonyl (C=O) groups is 2. The van der Waals surface area contributed by atoms with E-state index in [1.54, 1.807) is 0 Å². The fourth-order valence-electron chi connectivity index (χ4n) is 2.37. The quantitative estimate of drug-likeness (QED) is 0.877. The smallest absolute Gasteiger partial charge is 0.305 e. The first-order chi connectivity index (χ1) is 10.1. The summed E-state index contributed by atoms with van der Waals surface area (Å²) in [5, 5.41) is 11.8. The normalized spacial score (nSPS) is 17.2. The number of hydrogen-bond donors (Lipinski definition) is 2. The van der Waals surface area contributed by atoms with Gasteiger partial charge in [0.25, 0.3) is 0 Å². The molecule has 2 N–H and O–H groups in total. The number of hydrogen-bond acceptors (Lipinski definition) is 3. The molecule has 1 unspecified atom stereocenters. The Balaban J connectivity index is 2.06. The molecule has 1 aliphatic rings. The number of carboxylic acid groups (broad SMARTS) is 1. The Morgan fingerprint density at radius 1 is 1.29 bits per heavy atom. The number of rotatable bonds is 5. The van der Waals surface area contributed by atoms with E-state index in [4.69, 9.17) is 5.11 Å². The van der Waals surface area contributed by atoms with Crippen LogP contribution in [0.25, 0.3) is 0 Å². The summed E-state index contributed by atoms with van der Waals surface area (Å²) in [6.07, 6.45) is 1.43. The number of benzene rings is 1. The summed E-state index contributed by atoms with van der Waals surface area (Å²) in [7, 11) is 0. The molecule has 0 aromatic heterocycles. The van der Waals surface area contributed by atoms with Gasteiger partial charge < -0.3 is 10.4 Å². The van der Waals surface area contributed by atoms with Crippen LogP contribution in [0.2, 0.25) is 0 Å². The van der Waals surface area contributed by atoms with Crippen molar-refractivity contribution in [3.8, 4) is 0 Å². The molecular weight excluding hydrogens is 293 g/mol. The third kappa shape index (κ3) is 4.74. The Kier molecular flexibility index (Phi) is 5.61. The van der Waals surface area contributed by atoms with Crippen LogP contribution in [-0.4, -0.2) is 28.5 Å². The van der Waals surface area contributed by atoms with Crippen molar-refractivity contribution in [1.29, 1.82) is 0 Å². The van der Waals surface area contributed by atoms with Gasteiger partial charge >= 0.3 is 5.97 Å². The maximum absolute atomic E-state index is 13.0. The zero-order chi connectivity index (χ0) is 15.2. The molecular formula is C15H18FNO3S. The molecule has 0 radical (unpaired) electrons. The van der Waals surface area contributed by atoms with E-state index >= 15 is 0 Å². The molecule has 1 aromatic carbocycles. The third-order valence-electron chi connectivity index (χ3n) is 3.56. The second-order valence-corrected chi connectivity index (χ2v) is 6.32. The Bertz CT molecular complexity index is 500. The molecule has 114 valence electrons. The van der Waals surface area contributed by atoms with Gasteiger partial charge in [0, 0.05) is 5.92 Å². The molecule has 0 aliphatic carbocycles. The zero-order valence-electron chi connectivity index (χ0n) is 11.5. The first-order valence-corrected chi connectivity index (χ1v) is 8.07. The first-order valence-electron chi connectivity index (χ1n) is 6.91. The molecule has 1 heterocycles. The van der Waals surface area contributed by atoms with Crippen LogP contribution in [0, 0.1) is 11.7 Å². The predicted molar refractivity (Wildman–Crippen MR) is 79.6 cm³/mol. The molecule has 1 aromatic rings. The SMILES string of the molecule is O=C(O)CC(NC(=O)C1CCSCC1)c1ccc(F)cc1. The number of nitrogens with one attached hydrogen (secondary N) is 1. The van der Waals surface area contributed by atoms with Crippen LogP contribution >= 0.6 is 11.8 Å². The molecule has 0 bridgehead atoms. The van der Waals surface area contributed by atoms with Gasteiger partial charge in [-0.1, -0.05) is 12.1 Å². The molecule has 2 rings (SSSR count). The van der Waals surface area contributed by atoms with Gasteiger partial charge in [0.05, 0.1) is 12.5 Å². The lowest BCUT2D eigenvalue weighted by Crippen LogP contribution is -2.36. The predicted octanol–water partition coefficient (Wildman–Crippen LogP) is 2.60. The van der Waals surface area contributed by atoms with Crippen molar-refractivity contribution in [2.45, 2.75) is 25.3 Å². The van der Waals surface area contributed by atoms with E-state index in [0.29, 0.717) is 5.56 Å². The summed E-state index contributed by atoms with van der Waals surface area (Å²) in [5.41, 5.74) is 0.609. The van der Waals surface area contributed by atoms with Crippen molar-refractivity contribution in [1.82, 2.24) is 5.32 Å². The zero-order valence-corrected chi connectivity index (χ0v) is 12.4. The highest BCUT2D eigenvalue weighted by atomic mass is 32.2. The second kappa shape index (κ2) is 7.45. The van der Waals surface area contributed by atoms with Crippen molar-refractivity contribution in [2.75, 3.05) is 11.5 Å². The number of halogens is 1. The van der Waals surface area contributed by atoms with E-state index in [9.17, 15) is 14.0 Å². The molecule has 0 spiro atoms. The minimum absolute atomic E-state index is 0.0528. The molecule has 1 atom stereocenters. The van der Waals surface area contributed by atoms with Crippen molar-refractivity contribution in [2.24, 2.45) is 5.92 Å². The molecule has 1 aliphatic heterocycles. The molecule has 6 heteroatoms. The topological polar surface area (TPSA) is 66.4 Å². The van der Waals surface area contributed by atoms with Crippen LogP contribution < -0.4 is 5.32 Å². The van der Waals surface area contributed by atoms with Gasteiger partial charge in [-0.05, 0) is 42.0 Å². The standard InChI is InChI=1S/C15H18FNO3S/c16-12-3-1-10(2-4-12)13(9-14(18)19)17-15(20)11-5-7-21-8-6-11/h1-4,11,13H,5-9H2,(H,17,20)(H,18,19). The van der Waals surface area contributed by atoms with Gasteiger partial charge in [-0.25, -0.2) is 4.39 Å². The van der Waals surface area contributed by atoms with Crippen LogP contribution in [0.3, 0.4) is 0 Å². The van der Waals surface area contributed by atoms with Gasteiger partial charge in [-0.2, -0.15) is 11.8 Å². The Labute approximate surface area is 127 Å². The van der Waals surface area contributed by atoms with E-state index in [1.807, 2.05) is 11.8 Å². The van der Waals surface area contributed by atoms with E-state index in [1.165, 1.54) is 24.3 Å². The highest BCUT2D eigenvalue weighted by Crippen LogP contribution is 2.25. The lowest BCUT2D eigenvalue weighted by atomic mass is 9.99. The fourth-order valence-corrected chi connectivity index (χ4v) is 3.48. The van der Waals surface area contributed by atoms with Gasteiger partial charge in [0.1, 0.15) is 5.82 Å². The summed E-state index contributed by atoms with van der Waals surface area (Å²) in [5.74, 6) is 0.373. The maximum Gasteiger partial charge on any atom is 0.305 e. The summed E-state index contributed by atoms with van der Waals surface area (Å²) >= 11 is 1.83. The largest absolute Gasteiger partial charge is 0.481 e. The third-order valence-corrected chi connectivity index (χ3v) is 4.61. The van der Waals surface area contributed by atoms with Crippen LogP contribution in [0.1, 0.15) is 30.9 Å². The van der Waals surface area contributed by atoms with Crippen LogP contribution in [0.5, 0.6) is 0 Å². The Morgan fingerprint density at radius 2 is 1.90 bits per heavy atom. The van der Waals surface area contributed by atoms with Gasteiger partial charge in [0.15, 0.2) is 0 Å². The first kappa shape index (κ1) is 15.8. The fraction of sp³-hybridized carbons (Fsp3) is 0.467. The summed E-state index contributed by atoms with van der Waals surface area (Å²) in [6.45, 7) is 0. The Morgan fingerprint density at radius 3 is 2.48 bits per heavy atom. The van der Waals surface area contributed by atoms with Crippen molar-refractivity contribution in [3.05, 3.63) is 35.6 Å². The summed E-state index contributed by atoms with van der Waals surface area (Å²) < 4.78 is 13.0. The monoisotopic (exact) mass is 311 g/mol. The number of thioether (sulfide) groups is 1. The van der Waals surface area contributed by atoms with Crippen molar-refractivity contribution < 1.29 is 19.1 Å². The summed E-state index contributed by atoms with van der Waals surface area (Å²) in [6, 6.07) is 4.95. The highest BCUT2D eigenvalue weighted by Gasteiger charge is 2.25. The second-order valence-electron chi connectivity index (χ2n) is 5.10. The number of aliphatic carboxylic acids is 1. The lowest BCUT2D eigenvalue weighted by Gasteiger charge is -2.24.